The largest absolute Gasteiger partial charge is 0.304 e. The molecule has 0 aliphatic rings. The molecule has 7 nitrogen and oxygen atoms in total. The number of anilines is 1. The van der Waals surface area contributed by atoms with Crippen molar-refractivity contribution >= 4 is 11.7 Å². The van der Waals surface area contributed by atoms with E-state index in [1.807, 2.05) is 91.0 Å². The van der Waals surface area contributed by atoms with Gasteiger partial charge in [-0.2, -0.15) is 5.10 Å². The highest BCUT2D eigenvalue weighted by atomic mass is 16.2. The molecule has 5 aromatic rings. The van der Waals surface area contributed by atoms with E-state index in [1.54, 1.807) is 21.6 Å². The summed E-state index contributed by atoms with van der Waals surface area (Å²) in [5.41, 5.74) is 2.79. The predicted molar refractivity (Wildman–Crippen MR) is 123 cm³/mol. The number of nitrogens with one attached hydrogen (secondary N) is 1. The molecule has 0 fully saturated rings. The number of hydrogen-bond donors (Lipinski definition) is 1. The molecule has 5 rings (SSSR count). The van der Waals surface area contributed by atoms with Gasteiger partial charge in [-0.15, -0.1) is 5.10 Å². The summed E-state index contributed by atoms with van der Waals surface area (Å²) >= 11 is 0. The Bertz CT molecular complexity index is 1270. The standard InChI is InChI=1S/C25H20N6O/c32-25(27-22-16-17-26-30(22)18-19-10-4-1-5-11-19)23-28-24(20-12-6-2-7-13-20)31(29-23)21-14-8-3-9-15-21/h1-17H,18H2,(H,27,32). The van der Waals surface area contributed by atoms with E-state index in [-0.39, 0.29) is 5.82 Å². The van der Waals surface area contributed by atoms with Gasteiger partial charge in [0.2, 0.25) is 5.82 Å². The van der Waals surface area contributed by atoms with Gasteiger partial charge in [-0.3, -0.25) is 4.79 Å². The summed E-state index contributed by atoms with van der Waals surface area (Å²) < 4.78 is 3.42. The maximum atomic E-state index is 13.1. The van der Waals surface area contributed by atoms with Gasteiger partial charge in [0.1, 0.15) is 5.82 Å². The van der Waals surface area contributed by atoms with Crippen LogP contribution in [0.15, 0.2) is 103 Å². The molecule has 2 aromatic heterocycles. The Kier molecular flexibility index (Phi) is 5.28. The minimum atomic E-state index is -0.397. The highest BCUT2D eigenvalue weighted by Crippen LogP contribution is 2.21. The smallest absolute Gasteiger partial charge is 0.296 e. The van der Waals surface area contributed by atoms with Crippen molar-refractivity contribution in [2.75, 3.05) is 5.32 Å². The van der Waals surface area contributed by atoms with Crippen molar-refractivity contribution in [1.82, 2.24) is 24.5 Å². The monoisotopic (exact) mass is 420 g/mol. The Morgan fingerprint density at radius 3 is 2.19 bits per heavy atom. The summed E-state index contributed by atoms with van der Waals surface area (Å²) in [6, 6.07) is 31.0. The zero-order valence-electron chi connectivity index (χ0n) is 17.2. The van der Waals surface area contributed by atoms with Crippen LogP contribution in [0, 0.1) is 0 Å². The minimum absolute atomic E-state index is 0.0835. The lowest BCUT2D eigenvalue weighted by atomic mass is 10.2. The first-order valence-corrected chi connectivity index (χ1v) is 10.2. The zero-order chi connectivity index (χ0) is 21.8. The first-order chi connectivity index (χ1) is 15.8. The van der Waals surface area contributed by atoms with Crippen LogP contribution in [-0.4, -0.2) is 30.5 Å². The molecule has 0 saturated heterocycles. The average Bonchev–Trinajstić information content (AvgIpc) is 3.48. The van der Waals surface area contributed by atoms with Crippen molar-refractivity contribution < 1.29 is 4.79 Å². The van der Waals surface area contributed by atoms with Crippen LogP contribution in [0.25, 0.3) is 17.1 Å². The van der Waals surface area contributed by atoms with Crippen molar-refractivity contribution in [2.24, 2.45) is 0 Å². The van der Waals surface area contributed by atoms with E-state index in [4.69, 9.17) is 0 Å². The number of amides is 1. The summed E-state index contributed by atoms with van der Waals surface area (Å²) in [6.45, 7) is 0.546. The molecule has 0 aliphatic carbocycles. The lowest BCUT2D eigenvalue weighted by Crippen LogP contribution is -2.17. The lowest BCUT2D eigenvalue weighted by Gasteiger charge is -2.08. The second-order valence-corrected chi connectivity index (χ2v) is 7.19. The molecule has 0 bridgehead atoms. The van der Waals surface area contributed by atoms with Crippen molar-refractivity contribution in [1.29, 1.82) is 0 Å². The molecule has 156 valence electrons. The van der Waals surface area contributed by atoms with Gasteiger partial charge in [0.05, 0.1) is 18.4 Å². The number of aromatic nitrogens is 5. The summed E-state index contributed by atoms with van der Waals surface area (Å²) in [5, 5.41) is 11.7. The third kappa shape index (κ3) is 4.04. The normalized spacial score (nSPS) is 10.8. The maximum absolute atomic E-state index is 13.1. The molecule has 0 spiro atoms. The van der Waals surface area contributed by atoms with Gasteiger partial charge >= 0.3 is 0 Å². The summed E-state index contributed by atoms with van der Waals surface area (Å²) in [6.07, 6.45) is 1.66. The van der Waals surface area contributed by atoms with Crippen molar-refractivity contribution in [3.05, 3.63) is 115 Å². The molecule has 32 heavy (non-hydrogen) atoms. The molecule has 0 aliphatic heterocycles. The number of nitrogens with zero attached hydrogens (tertiary/aromatic N) is 5. The number of hydrogen-bond acceptors (Lipinski definition) is 4. The average molecular weight is 420 g/mol. The van der Waals surface area contributed by atoms with E-state index in [9.17, 15) is 4.79 Å². The van der Waals surface area contributed by atoms with E-state index in [2.05, 4.69) is 20.5 Å². The summed E-state index contributed by atoms with van der Waals surface area (Å²) in [4.78, 5) is 17.6. The molecule has 2 heterocycles. The van der Waals surface area contributed by atoms with Crippen LogP contribution in [0.2, 0.25) is 0 Å². The Hall–Kier alpha value is -4.52. The quantitative estimate of drug-likeness (QED) is 0.441. The molecule has 7 heteroatoms. The molecule has 0 radical (unpaired) electrons. The molecule has 0 atom stereocenters. The fourth-order valence-electron chi connectivity index (χ4n) is 3.42. The predicted octanol–water partition coefficient (Wildman–Crippen LogP) is 4.43. The van der Waals surface area contributed by atoms with Gasteiger partial charge in [-0.05, 0) is 17.7 Å². The van der Waals surface area contributed by atoms with Crippen LogP contribution in [0.5, 0.6) is 0 Å². The minimum Gasteiger partial charge on any atom is -0.304 e. The molecular formula is C25H20N6O. The fraction of sp³-hybridized carbons (Fsp3) is 0.0400. The third-order valence-corrected chi connectivity index (χ3v) is 4.98. The number of carbonyl (C=O) groups excluding carboxylic acids is 1. The van der Waals surface area contributed by atoms with Crippen LogP contribution in [0.3, 0.4) is 0 Å². The van der Waals surface area contributed by atoms with Gasteiger partial charge in [-0.25, -0.2) is 14.3 Å². The van der Waals surface area contributed by atoms with Gasteiger partial charge in [0, 0.05) is 11.6 Å². The maximum Gasteiger partial charge on any atom is 0.296 e. The molecule has 0 saturated carbocycles. The van der Waals surface area contributed by atoms with Crippen LogP contribution in [-0.2, 0) is 6.54 Å². The first-order valence-electron chi connectivity index (χ1n) is 10.2. The Morgan fingerprint density at radius 1 is 0.812 bits per heavy atom. The Labute approximate surface area is 185 Å². The van der Waals surface area contributed by atoms with E-state index < -0.39 is 5.91 Å². The molecule has 1 amide bonds. The van der Waals surface area contributed by atoms with E-state index in [0.29, 0.717) is 18.2 Å². The number of rotatable bonds is 6. The van der Waals surface area contributed by atoms with Gasteiger partial charge in [-0.1, -0.05) is 78.9 Å². The van der Waals surface area contributed by atoms with Crippen LogP contribution in [0.4, 0.5) is 5.82 Å². The fourth-order valence-corrected chi connectivity index (χ4v) is 3.42. The zero-order valence-corrected chi connectivity index (χ0v) is 17.2. The van der Waals surface area contributed by atoms with E-state index in [0.717, 1.165) is 16.8 Å². The van der Waals surface area contributed by atoms with Crippen molar-refractivity contribution in [3.63, 3.8) is 0 Å². The first kappa shape index (κ1) is 19.4. The van der Waals surface area contributed by atoms with Crippen molar-refractivity contribution in [2.45, 2.75) is 6.54 Å². The third-order valence-electron chi connectivity index (χ3n) is 4.98. The highest BCUT2D eigenvalue weighted by Gasteiger charge is 2.20. The summed E-state index contributed by atoms with van der Waals surface area (Å²) in [7, 11) is 0. The number of benzene rings is 3. The van der Waals surface area contributed by atoms with E-state index in [1.165, 1.54) is 0 Å². The van der Waals surface area contributed by atoms with Gasteiger partial charge < -0.3 is 5.32 Å². The second kappa shape index (κ2) is 8.69. The van der Waals surface area contributed by atoms with E-state index >= 15 is 0 Å². The number of carbonyl (C=O) groups is 1. The second-order valence-electron chi connectivity index (χ2n) is 7.19. The highest BCUT2D eigenvalue weighted by molar-refractivity contribution is 6.01. The van der Waals surface area contributed by atoms with Crippen LogP contribution >= 0.6 is 0 Å². The molecule has 0 unspecified atom stereocenters. The lowest BCUT2D eigenvalue weighted by molar-refractivity contribution is 0.101. The topological polar surface area (TPSA) is 77.6 Å². The number of para-hydroxylation sites is 1. The Balaban J connectivity index is 1.45. The van der Waals surface area contributed by atoms with Gasteiger partial charge in [0.25, 0.3) is 5.91 Å². The van der Waals surface area contributed by atoms with Crippen LogP contribution in [0.1, 0.15) is 16.2 Å². The molecule has 3 aromatic carbocycles. The molecule has 1 N–H and O–H groups in total. The Morgan fingerprint density at radius 2 is 1.47 bits per heavy atom. The SMILES string of the molecule is O=C(Nc1ccnn1Cc1ccccc1)c1nc(-c2ccccc2)n(-c2ccccc2)n1. The van der Waals surface area contributed by atoms with Gasteiger partial charge in [0.15, 0.2) is 5.82 Å². The molecular weight excluding hydrogens is 400 g/mol. The summed E-state index contributed by atoms with van der Waals surface area (Å²) in [5.74, 6) is 0.864. The van der Waals surface area contributed by atoms with Crippen LogP contribution < -0.4 is 5.32 Å². The van der Waals surface area contributed by atoms with Crippen molar-refractivity contribution in [3.8, 4) is 17.1 Å².